The van der Waals surface area contributed by atoms with Gasteiger partial charge in [-0.1, -0.05) is 18.2 Å². The van der Waals surface area contributed by atoms with Crippen LogP contribution in [0.1, 0.15) is 46.0 Å². The zero-order valence-corrected chi connectivity index (χ0v) is 20.2. The van der Waals surface area contributed by atoms with E-state index >= 15 is 0 Å². The van der Waals surface area contributed by atoms with Crippen molar-refractivity contribution >= 4 is 23.4 Å². The molecule has 2 aromatic carbocycles. The molecule has 0 unspecified atom stereocenters. The van der Waals surface area contributed by atoms with E-state index in [1.165, 1.54) is 12.8 Å². The fourth-order valence-electron chi connectivity index (χ4n) is 4.55. The first-order valence-corrected chi connectivity index (χ1v) is 11.9. The van der Waals surface area contributed by atoms with Gasteiger partial charge in [-0.05, 0) is 61.6 Å². The molecule has 3 amide bonds. The van der Waals surface area contributed by atoms with Crippen LogP contribution in [0, 0.1) is 5.92 Å². The fourth-order valence-corrected chi connectivity index (χ4v) is 4.55. The van der Waals surface area contributed by atoms with Gasteiger partial charge in [0.05, 0.1) is 16.9 Å². The number of nitrogens with zero attached hydrogens (tertiary/aromatic N) is 4. The molecule has 1 aromatic heterocycles. The van der Waals surface area contributed by atoms with Crippen LogP contribution in [0.2, 0.25) is 0 Å². The zero-order valence-electron chi connectivity index (χ0n) is 20.2. The summed E-state index contributed by atoms with van der Waals surface area (Å²) in [4.78, 5) is 42.7. The maximum Gasteiger partial charge on any atom is 0.256 e. The first kappa shape index (κ1) is 22.8. The van der Waals surface area contributed by atoms with Gasteiger partial charge < -0.3 is 15.1 Å². The number of carbonyl (C=O) groups excluding carboxylic acids is 3. The van der Waals surface area contributed by atoms with E-state index in [1.54, 1.807) is 52.8 Å². The van der Waals surface area contributed by atoms with Gasteiger partial charge in [0.25, 0.3) is 11.8 Å². The Labute approximate surface area is 204 Å². The molecule has 8 heteroatoms. The van der Waals surface area contributed by atoms with Gasteiger partial charge in [0.1, 0.15) is 6.04 Å². The maximum absolute atomic E-state index is 13.7. The highest BCUT2D eigenvalue weighted by Gasteiger charge is 2.36. The second-order valence-corrected chi connectivity index (χ2v) is 9.43. The van der Waals surface area contributed by atoms with Crippen molar-refractivity contribution in [2.24, 2.45) is 13.0 Å². The summed E-state index contributed by atoms with van der Waals surface area (Å²) in [6.45, 7) is 2.67. The Morgan fingerprint density at radius 2 is 1.89 bits per heavy atom. The Morgan fingerprint density at radius 1 is 1.09 bits per heavy atom. The number of benzene rings is 2. The van der Waals surface area contributed by atoms with Gasteiger partial charge in [0.2, 0.25) is 5.91 Å². The molecule has 2 aliphatic rings. The van der Waals surface area contributed by atoms with Gasteiger partial charge in [-0.2, -0.15) is 5.10 Å². The van der Waals surface area contributed by atoms with E-state index < -0.39 is 6.04 Å². The molecule has 1 fully saturated rings. The summed E-state index contributed by atoms with van der Waals surface area (Å²) in [6.07, 6.45) is 4.05. The molecule has 2 heterocycles. The molecule has 35 heavy (non-hydrogen) atoms. The summed E-state index contributed by atoms with van der Waals surface area (Å²) >= 11 is 0. The Hall–Kier alpha value is -3.94. The molecule has 3 aromatic rings. The largest absolute Gasteiger partial charge is 0.352 e. The van der Waals surface area contributed by atoms with E-state index in [4.69, 9.17) is 0 Å². The van der Waals surface area contributed by atoms with Crippen LogP contribution in [0.25, 0.3) is 11.3 Å². The molecule has 1 N–H and O–H groups in total. The van der Waals surface area contributed by atoms with E-state index in [0.717, 1.165) is 16.8 Å². The van der Waals surface area contributed by atoms with E-state index in [0.29, 0.717) is 29.3 Å². The summed E-state index contributed by atoms with van der Waals surface area (Å²) < 4.78 is 1.75. The third-order valence-corrected chi connectivity index (χ3v) is 6.91. The van der Waals surface area contributed by atoms with E-state index in [2.05, 4.69) is 10.4 Å². The highest BCUT2D eigenvalue weighted by Crippen LogP contribution is 2.32. The number of nitrogens with one attached hydrogen (secondary N) is 1. The van der Waals surface area contributed by atoms with Crippen molar-refractivity contribution in [3.63, 3.8) is 0 Å². The molecule has 5 rings (SSSR count). The topological polar surface area (TPSA) is 87.5 Å². The second-order valence-electron chi connectivity index (χ2n) is 9.43. The van der Waals surface area contributed by atoms with E-state index in [-0.39, 0.29) is 24.3 Å². The van der Waals surface area contributed by atoms with E-state index in [1.807, 2.05) is 37.4 Å². The molecule has 180 valence electrons. The molecular formula is C27H29N5O3. The lowest BCUT2D eigenvalue weighted by molar-refractivity contribution is -0.122. The molecule has 1 atom stereocenters. The van der Waals surface area contributed by atoms with Gasteiger partial charge in [0, 0.05) is 44.5 Å². The Kier molecular flexibility index (Phi) is 5.88. The van der Waals surface area contributed by atoms with Crippen molar-refractivity contribution in [1.29, 1.82) is 0 Å². The summed E-state index contributed by atoms with van der Waals surface area (Å²) in [6, 6.07) is 14.0. The van der Waals surface area contributed by atoms with Gasteiger partial charge in [-0.15, -0.1) is 0 Å². The molecule has 0 spiro atoms. The number of rotatable bonds is 6. The third-order valence-electron chi connectivity index (χ3n) is 6.91. The zero-order chi connectivity index (χ0) is 24.7. The van der Waals surface area contributed by atoms with Gasteiger partial charge in [-0.3, -0.25) is 19.1 Å². The van der Waals surface area contributed by atoms with Crippen LogP contribution < -0.4 is 10.2 Å². The number of hydrogen-bond acceptors (Lipinski definition) is 4. The quantitative estimate of drug-likeness (QED) is 0.598. The van der Waals surface area contributed by atoms with Crippen LogP contribution in [-0.4, -0.2) is 52.0 Å². The minimum Gasteiger partial charge on any atom is -0.352 e. The maximum atomic E-state index is 13.7. The van der Waals surface area contributed by atoms with Crippen LogP contribution >= 0.6 is 0 Å². The first-order chi connectivity index (χ1) is 16.8. The van der Waals surface area contributed by atoms with E-state index in [9.17, 15) is 14.4 Å². The number of carbonyl (C=O) groups is 3. The minimum atomic E-state index is -0.660. The van der Waals surface area contributed by atoms with Crippen LogP contribution in [-0.2, 0) is 18.4 Å². The van der Waals surface area contributed by atoms with Crippen LogP contribution in [0.4, 0.5) is 5.69 Å². The van der Waals surface area contributed by atoms with Gasteiger partial charge in [-0.25, -0.2) is 0 Å². The van der Waals surface area contributed by atoms with Crippen molar-refractivity contribution in [2.45, 2.75) is 32.4 Å². The summed E-state index contributed by atoms with van der Waals surface area (Å²) in [7, 11) is 3.55. The lowest BCUT2D eigenvalue weighted by atomic mass is 10.0. The monoisotopic (exact) mass is 471 g/mol. The molecular weight excluding hydrogens is 442 g/mol. The summed E-state index contributed by atoms with van der Waals surface area (Å²) in [5.41, 5.74) is 4.17. The Bertz CT molecular complexity index is 1310. The molecule has 8 nitrogen and oxygen atoms in total. The number of amides is 3. The molecule has 0 saturated heterocycles. The van der Waals surface area contributed by atoms with Crippen molar-refractivity contribution in [2.75, 3.05) is 18.5 Å². The lowest BCUT2D eigenvalue weighted by Gasteiger charge is -2.27. The number of hydrogen-bond donors (Lipinski definition) is 1. The molecule has 1 aliphatic heterocycles. The second kappa shape index (κ2) is 9.02. The normalized spacial score (nSPS) is 17.9. The average Bonchev–Trinajstić information content (AvgIpc) is 3.62. The van der Waals surface area contributed by atoms with Crippen molar-refractivity contribution in [3.05, 3.63) is 71.4 Å². The highest BCUT2D eigenvalue weighted by molar-refractivity contribution is 6.11. The summed E-state index contributed by atoms with van der Waals surface area (Å²) in [5.74, 6) is 0.0972. The van der Waals surface area contributed by atoms with Crippen molar-refractivity contribution in [3.8, 4) is 11.3 Å². The number of anilines is 1. The first-order valence-electron chi connectivity index (χ1n) is 11.9. The lowest BCUT2D eigenvalue weighted by Crippen LogP contribution is -2.45. The molecule has 0 bridgehead atoms. The standard InChI is InChI=1S/C27H29N5O3/c1-17-26(34)30(2)24-14-20(23-11-12-29-31(23)3)9-10-22(24)27(35)32(17)16-19-5-4-6-21(13-19)25(33)28-15-18-7-8-18/h4-6,9-14,17-18H,7-8,15-16H2,1-3H3,(H,28,33)/t17-/m1/s1. The average molecular weight is 472 g/mol. The Morgan fingerprint density at radius 3 is 2.60 bits per heavy atom. The number of aryl methyl sites for hydroxylation is 1. The molecule has 1 aliphatic carbocycles. The Balaban J connectivity index is 1.43. The molecule has 1 saturated carbocycles. The van der Waals surface area contributed by atoms with Crippen LogP contribution in [0.3, 0.4) is 0 Å². The van der Waals surface area contributed by atoms with Gasteiger partial charge in [0.15, 0.2) is 0 Å². The van der Waals surface area contributed by atoms with Crippen LogP contribution in [0.15, 0.2) is 54.7 Å². The predicted molar refractivity (Wildman–Crippen MR) is 133 cm³/mol. The minimum absolute atomic E-state index is 0.113. The molecule has 0 radical (unpaired) electrons. The van der Waals surface area contributed by atoms with Crippen LogP contribution in [0.5, 0.6) is 0 Å². The van der Waals surface area contributed by atoms with Crippen molar-refractivity contribution in [1.82, 2.24) is 20.0 Å². The number of aromatic nitrogens is 2. The van der Waals surface area contributed by atoms with Gasteiger partial charge >= 0.3 is 0 Å². The number of fused-ring (bicyclic) bond motifs is 1. The fraction of sp³-hybridized carbons (Fsp3) is 0.333. The number of likely N-dealkylation sites (N-methyl/N-ethyl adjacent to an activating group) is 1. The van der Waals surface area contributed by atoms with Crippen molar-refractivity contribution < 1.29 is 14.4 Å². The smallest absolute Gasteiger partial charge is 0.256 e. The third kappa shape index (κ3) is 4.43. The highest BCUT2D eigenvalue weighted by atomic mass is 16.2. The summed E-state index contributed by atoms with van der Waals surface area (Å²) in [5, 5.41) is 7.20. The SMILES string of the molecule is C[C@@H]1C(=O)N(C)c2cc(-c3ccnn3C)ccc2C(=O)N1Cc1cccc(C(=O)NCC2CC2)c1. The predicted octanol–water partition coefficient (Wildman–Crippen LogP) is 3.23.